The van der Waals surface area contributed by atoms with Crippen LogP contribution in [-0.4, -0.2) is 19.8 Å². The van der Waals surface area contributed by atoms with Gasteiger partial charge in [-0.15, -0.1) is 0 Å². The Hall–Kier alpha value is -2.05. The van der Waals surface area contributed by atoms with Gasteiger partial charge in [0.25, 0.3) is 0 Å². The number of hydrogen-bond donors (Lipinski definition) is 0. The monoisotopic (exact) mass is 266 g/mol. The van der Waals surface area contributed by atoms with Gasteiger partial charge in [-0.1, -0.05) is 6.07 Å². The van der Waals surface area contributed by atoms with Gasteiger partial charge in [0.1, 0.15) is 0 Å². The van der Waals surface area contributed by atoms with E-state index in [1.165, 1.54) is 15.4 Å². The van der Waals surface area contributed by atoms with E-state index in [4.69, 9.17) is 0 Å². The van der Waals surface area contributed by atoms with E-state index in [-0.39, 0.29) is 11.7 Å². The Kier molecular flexibility index (Phi) is 2.88. The van der Waals surface area contributed by atoms with E-state index in [1.807, 2.05) is 0 Å². The highest BCUT2D eigenvalue weighted by Crippen LogP contribution is 2.32. The van der Waals surface area contributed by atoms with Crippen LogP contribution < -0.4 is 5.69 Å². The standard InChI is InChI=1S/C12H12F2N4O/c13-10-4-1-8(7-11(10)14)5-6-17-12(19)18(16-15-17)9-2-3-9/h1,4,7,9H,2-3,5-6H2. The number of aromatic nitrogens is 4. The summed E-state index contributed by atoms with van der Waals surface area (Å²) in [4.78, 5) is 11.9. The average molecular weight is 266 g/mol. The third kappa shape index (κ3) is 2.40. The summed E-state index contributed by atoms with van der Waals surface area (Å²) in [6.45, 7) is 0.302. The number of benzene rings is 1. The first-order valence-electron chi connectivity index (χ1n) is 6.11. The molecular formula is C12H12F2N4O. The second kappa shape index (κ2) is 4.56. The van der Waals surface area contributed by atoms with Crippen molar-refractivity contribution in [2.24, 2.45) is 0 Å². The Bertz CT molecular complexity index is 660. The van der Waals surface area contributed by atoms with Crippen molar-refractivity contribution in [3.05, 3.63) is 45.9 Å². The molecule has 100 valence electrons. The largest absolute Gasteiger partial charge is 0.363 e. The molecule has 1 aliphatic rings. The summed E-state index contributed by atoms with van der Waals surface area (Å²) in [5.74, 6) is -1.76. The fourth-order valence-electron chi connectivity index (χ4n) is 1.90. The number of tetrazole rings is 1. The smallest absolute Gasteiger partial charge is 0.244 e. The van der Waals surface area contributed by atoms with E-state index in [2.05, 4.69) is 10.4 Å². The zero-order valence-electron chi connectivity index (χ0n) is 10.1. The Morgan fingerprint density at radius 1 is 1.21 bits per heavy atom. The molecule has 0 N–H and O–H groups in total. The maximum absolute atomic E-state index is 13.0. The molecule has 0 atom stereocenters. The van der Waals surface area contributed by atoms with Crippen molar-refractivity contribution in [2.45, 2.75) is 31.8 Å². The Morgan fingerprint density at radius 2 is 2.00 bits per heavy atom. The molecule has 0 aliphatic heterocycles. The average Bonchev–Trinajstić information content (AvgIpc) is 3.16. The first-order chi connectivity index (χ1) is 9.15. The summed E-state index contributed by atoms with van der Waals surface area (Å²) in [7, 11) is 0. The van der Waals surface area contributed by atoms with E-state index >= 15 is 0 Å². The lowest BCUT2D eigenvalue weighted by molar-refractivity contribution is 0.505. The Morgan fingerprint density at radius 3 is 2.68 bits per heavy atom. The van der Waals surface area contributed by atoms with Gasteiger partial charge in [-0.05, 0) is 47.4 Å². The molecule has 1 fully saturated rings. The van der Waals surface area contributed by atoms with Crippen molar-refractivity contribution in [1.29, 1.82) is 0 Å². The molecule has 5 nitrogen and oxygen atoms in total. The fraction of sp³-hybridized carbons (Fsp3) is 0.417. The fourth-order valence-corrected chi connectivity index (χ4v) is 1.90. The number of hydrogen-bond acceptors (Lipinski definition) is 3. The highest BCUT2D eigenvalue weighted by molar-refractivity contribution is 5.17. The molecule has 1 aromatic carbocycles. The van der Waals surface area contributed by atoms with Crippen LogP contribution in [0.3, 0.4) is 0 Å². The molecular weight excluding hydrogens is 254 g/mol. The van der Waals surface area contributed by atoms with Crippen LogP contribution in [0.15, 0.2) is 23.0 Å². The van der Waals surface area contributed by atoms with Crippen LogP contribution >= 0.6 is 0 Å². The van der Waals surface area contributed by atoms with Crippen LogP contribution in [0, 0.1) is 11.6 Å². The Balaban J connectivity index is 1.71. The third-order valence-electron chi connectivity index (χ3n) is 3.15. The molecule has 0 spiro atoms. The zero-order chi connectivity index (χ0) is 13.4. The SMILES string of the molecule is O=c1n(CCc2ccc(F)c(F)c2)nnn1C1CC1. The highest BCUT2D eigenvalue weighted by atomic mass is 19.2. The van der Waals surface area contributed by atoms with E-state index in [9.17, 15) is 13.6 Å². The number of rotatable bonds is 4. The summed E-state index contributed by atoms with van der Waals surface area (Å²) in [5, 5.41) is 7.59. The molecule has 0 unspecified atom stereocenters. The van der Waals surface area contributed by atoms with Crippen molar-refractivity contribution in [2.75, 3.05) is 0 Å². The maximum Gasteiger partial charge on any atom is 0.363 e. The zero-order valence-corrected chi connectivity index (χ0v) is 10.1. The first kappa shape index (κ1) is 12.0. The summed E-state index contributed by atoms with van der Waals surface area (Å²) in [6, 6.07) is 3.89. The molecule has 0 radical (unpaired) electrons. The van der Waals surface area contributed by atoms with Gasteiger partial charge in [0.05, 0.1) is 12.6 Å². The van der Waals surface area contributed by atoms with Crippen molar-refractivity contribution in [1.82, 2.24) is 19.8 Å². The second-order valence-corrected chi connectivity index (χ2v) is 4.66. The van der Waals surface area contributed by atoms with Gasteiger partial charge in [0.2, 0.25) is 0 Å². The predicted octanol–water partition coefficient (Wildman–Crippen LogP) is 1.30. The lowest BCUT2D eigenvalue weighted by Gasteiger charge is -2.01. The third-order valence-corrected chi connectivity index (χ3v) is 3.15. The first-order valence-corrected chi connectivity index (χ1v) is 6.11. The van der Waals surface area contributed by atoms with Crippen LogP contribution in [0.4, 0.5) is 8.78 Å². The molecule has 3 rings (SSSR count). The van der Waals surface area contributed by atoms with Gasteiger partial charge < -0.3 is 0 Å². The van der Waals surface area contributed by atoms with Gasteiger partial charge >= 0.3 is 5.69 Å². The second-order valence-electron chi connectivity index (χ2n) is 4.66. The predicted molar refractivity (Wildman–Crippen MR) is 62.6 cm³/mol. The van der Waals surface area contributed by atoms with Crippen LogP contribution in [0.25, 0.3) is 0 Å². The molecule has 19 heavy (non-hydrogen) atoms. The Labute approximate surface area is 107 Å². The molecule has 7 heteroatoms. The quantitative estimate of drug-likeness (QED) is 0.838. The van der Waals surface area contributed by atoms with E-state index in [1.54, 1.807) is 0 Å². The van der Waals surface area contributed by atoms with E-state index in [0.29, 0.717) is 18.5 Å². The van der Waals surface area contributed by atoms with Crippen LogP contribution in [-0.2, 0) is 13.0 Å². The summed E-state index contributed by atoms with van der Waals surface area (Å²) >= 11 is 0. The van der Waals surface area contributed by atoms with Gasteiger partial charge in [0.15, 0.2) is 11.6 Å². The topological polar surface area (TPSA) is 52.7 Å². The summed E-state index contributed by atoms with van der Waals surface area (Å²) < 4.78 is 28.4. The molecule has 1 saturated carbocycles. The van der Waals surface area contributed by atoms with Crippen molar-refractivity contribution in [3.8, 4) is 0 Å². The maximum atomic E-state index is 13.0. The van der Waals surface area contributed by atoms with Crippen molar-refractivity contribution < 1.29 is 8.78 Å². The van der Waals surface area contributed by atoms with Crippen LogP contribution in [0.2, 0.25) is 0 Å². The summed E-state index contributed by atoms with van der Waals surface area (Å²) in [5.41, 5.74) is 0.372. The minimum absolute atomic E-state index is 0.185. The highest BCUT2D eigenvalue weighted by Gasteiger charge is 2.27. The normalized spacial score (nSPS) is 14.8. The van der Waals surface area contributed by atoms with E-state index in [0.717, 1.165) is 25.0 Å². The molecule has 0 amide bonds. The minimum Gasteiger partial charge on any atom is -0.244 e. The number of halogens is 2. The van der Waals surface area contributed by atoms with Gasteiger partial charge in [-0.3, -0.25) is 0 Å². The van der Waals surface area contributed by atoms with Crippen molar-refractivity contribution >= 4 is 0 Å². The molecule has 0 bridgehead atoms. The molecule has 1 aliphatic carbocycles. The van der Waals surface area contributed by atoms with Crippen LogP contribution in [0.1, 0.15) is 24.4 Å². The van der Waals surface area contributed by atoms with E-state index < -0.39 is 11.6 Å². The molecule has 1 heterocycles. The lowest BCUT2D eigenvalue weighted by Crippen LogP contribution is -2.25. The number of nitrogens with zero attached hydrogens (tertiary/aromatic N) is 4. The molecule has 2 aromatic rings. The van der Waals surface area contributed by atoms with Crippen molar-refractivity contribution in [3.63, 3.8) is 0 Å². The number of aryl methyl sites for hydroxylation is 2. The van der Waals surface area contributed by atoms with Gasteiger partial charge in [-0.2, -0.15) is 9.36 Å². The lowest BCUT2D eigenvalue weighted by atomic mass is 10.1. The van der Waals surface area contributed by atoms with Crippen LogP contribution in [0.5, 0.6) is 0 Å². The molecule has 1 aromatic heterocycles. The van der Waals surface area contributed by atoms with Gasteiger partial charge in [-0.25, -0.2) is 13.6 Å². The van der Waals surface area contributed by atoms with Gasteiger partial charge in [0, 0.05) is 0 Å². The molecule has 0 saturated heterocycles. The minimum atomic E-state index is -0.883. The summed E-state index contributed by atoms with van der Waals surface area (Å²) in [6.07, 6.45) is 2.32.